The highest BCUT2D eigenvalue weighted by Gasteiger charge is 2.21. The zero-order valence-corrected chi connectivity index (χ0v) is 14.4. The normalized spacial score (nSPS) is 13.6. The summed E-state index contributed by atoms with van der Waals surface area (Å²) in [6.45, 7) is 0.438. The molecule has 3 N–H and O–H groups in total. The molecule has 0 saturated carbocycles. The van der Waals surface area contributed by atoms with E-state index in [1.54, 1.807) is 18.5 Å². The van der Waals surface area contributed by atoms with Crippen LogP contribution in [0, 0.1) is 0 Å². The van der Waals surface area contributed by atoms with Crippen molar-refractivity contribution in [2.75, 3.05) is 0 Å². The van der Waals surface area contributed by atoms with E-state index >= 15 is 0 Å². The van der Waals surface area contributed by atoms with Gasteiger partial charge in [0.2, 0.25) is 0 Å². The third-order valence-corrected chi connectivity index (χ3v) is 4.20. The summed E-state index contributed by atoms with van der Waals surface area (Å²) >= 11 is 0. The molecule has 6 heteroatoms. The number of aliphatic imine (C=N–C) groups is 1. The first kappa shape index (κ1) is 18.3. The molecule has 6 nitrogen and oxygen atoms in total. The van der Waals surface area contributed by atoms with Crippen LogP contribution in [0.2, 0.25) is 0 Å². The van der Waals surface area contributed by atoms with Gasteiger partial charge in [-0.05, 0) is 35.4 Å². The summed E-state index contributed by atoms with van der Waals surface area (Å²) in [4.78, 5) is 20.0. The molecule has 2 heterocycles. The minimum Gasteiger partial charge on any atom is -0.488 e. The van der Waals surface area contributed by atoms with Crippen LogP contribution in [-0.2, 0) is 17.8 Å². The average Bonchev–Trinajstić information content (AvgIpc) is 2.80. The van der Waals surface area contributed by atoms with Crippen molar-refractivity contribution in [2.45, 2.75) is 13.0 Å². The molecule has 0 aliphatic carbocycles. The minimum absolute atomic E-state index is 0. The molecule has 0 radical (unpaired) electrons. The second-order valence-corrected chi connectivity index (χ2v) is 6.02. The maximum Gasteiger partial charge on any atom is 0.307 e. The van der Waals surface area contributed by atoms with Crippen LogP contribution in [0.1, 0.15) is 22.3 Å². The Balaban J connectivity index is 0.00000210. The van der Waals surface area contributed by atoms with Gasteiger partial charge >= 0.3 is 5.97 Å². The molecular formula is C21H18N2O4. The van der Waals surface area contributed by atoms with E-state index in [0.717, 1.165) is 28.1 Å². The van der Waals surface area contributed by atoms with Crippen LogP contribution in [-0.4, -0.2) is 27.2 Å². The molecule has 0 atom stereocenters. The van der Waals surface area contributed by atoms with Gasteiger partial charge in [-0.25, -0.2) is 4.99 Å². The lowest BCUT2D eigenvalue weighted by atomic mass is 9.96. The fourth-order valence-electron chi connectivity index (χ4n) is 3.02. The Morgan fingerprint density at radius 1 is 1.11 bits per heavy atom. The van der Waals surface area contributed by atoms with Gasteiger partial charge in [0.15, 0.2) is 0 Å². The standard InChI is InChI=1S/C21H16N2O3.H2O/c24-20(25)11-14-7-8-19-18(10-14)21(23-16-5-3-9-22-12-16)17-6-2-1-4-15(17)13-26-19;/h1-10,12H,11,13H2,(H,24,25);1H2/b23-21-;. The lowest BCUT2D eigenvalue weighted by Gasteiger charge is -2.11. The second kappa shape index (κ2) is 7.80. The van der Waals surface area contributed by atoms with Crippen molar-refractivity contribution < 1.29 is 20.1 Å². The van der Waals surface area contributed by atoms with Gasteiger partial charge in [-0.2, -0.15) is 0 Å². The van der Waals surface area contributed by atoms with Crippen molar-refractivity contribution in [1.29, 1.82) is 0 Å². The van der Waals surface area contributed by atoms with Crippen molar-refractivity contribution in [3.05, 3.63) is 89.2 Å². The van der Waals surface area contributed by atoms with Crippen molar-refractivity contribution >= 4 is 17.4 Å². The molecule has 3 aromatic rings. The molecule has 0 fully saturated rings. The lowest BCUT2D eigenvalue weighted by molar-refractivity contribution is -0.136. The third-order valence-electron chi connectivity index (χ3n) is 4.20. The van der Waals surface area contributed by atoms with Crippen LogP contribution in [0.15, 0.2) is 72.0 Å². The number of hydrogen-bond donors (Lipinski definition) is 1. The summed E-state index contributed by atoms with van der Waals surface area (Å²) in [5, 5.41) is 9.12. The fourth-order valence-corrected chi connectivity index (χ4v) is 3.02. The Morgan fingerprint density at radius 2 is 1.96 bits per heavy atom. The quantitative estimate of drug-likeness (QED) is 0.773. The molecule has 0 spiro atoms. The largest absolute Gasteiger partial charge is 0.488 e. The molecule has 1 aromatic heterocycles. The Bertz CT molecular complexity index is 1000. The third kappa shape index (κ3) is 3.86. The number of rotatable bonds is 3. The van der Waals surface area contributed by atoms with E-state index in [-0.39, 0.29) is 11.9 Å². The number of pyridine rings is 1. The highest BCUT2D eigenvalue weighted by Crippen LogP contribution is 2.31. The van der Waals surface area contributed by atoms with Crippen LogP contribution in [0.4, 0.5) is 5.69 Å². The van der Waals surface area contributed by atoms with Gasteiger partial charge in [0.05, 0.1) is 24.0 Å². The van der Waals surface area contributed by atoms with Gasteiger partial charge in [-0.15, -0.1) is 0 Å². The van der Waals surface area contributed by atoms with E-state index < -0.39 is 5.97 Å². The van der Waals surface area contributed by atoms with E-state index in [4.69, 9.17) is 14.8 Å². The molecule has 0 bridgehead atoms. The monoisotopic (exact) mass is 362 g/mol. The molecule has 0 unspecified atom stereocenters. The van der Waals surface area contributed by atoms with E-state index in [2.05, 4.69) is 4.98 Å². The lowest BCUT2D eigenvalue weighted by Crippen LogP contribution is -2.06. The Morgan fingerprint density at radius 3 is 2.74 bits per heavy atom. The molecule has 1 aliphatic heterocycles. The summed E-state index contributed by atoms with van der Waals surface area (Å²) in [7, 11) is 0. The molecule has 2 aromatic carbocycles. The van der Waals surface area contributed by atoms with Crippen molar-refractivity contribution in [2.24, 2.45) is 4.99 Å². The number of aromatic nitrogens is 1. The Labute approximate surface area is 156 Å². The van der Waals surface area contributed by atoms with Crippen LogP contribution < -0.4 is 4.74 Å². The number of fused-ring (bicyclic) bond motifs is 2. The molecule has 136 valence electrons. The van der Waals surface area contributed by atoms with Crippen molar-refractivity contribution in [1.82, 2.24) is 4.98 Å². The Hall–Kier alpha value is -3.51. The van der Waals surface area contributed by atoms with Crippen LogP contribution in [0.25, 0.3) is 0 Å². The summed E-state index contributed by atoms with van der Waals surface area (Å²) in [6, 6.07) is 17.1. The number of ether oxygens (including phenoxy) is 1. The molecule has 0 saturated heterocycles. The predicted octanol–water partition coefficient (Wildman–Crippen LogP) is 2.95. The molecular weight excluding hydrogens is 344 g/mol. The summed E-state index contributed by atoms with van der Waals surface area (Å²) in [5.74, 6) is -0.177. The van der Waals surface area contributed by atoms with Crippen LogP contribution >= 0.6 is 0 Å². The van der Waals surface area contributed by atoms with E-state index in [9.17, 15) is 4.79 Å². The van der Waals surface area contributed by atoms with Crippen LogP contribution in [0.3, 0.4) is 0 Å². The van der Waals surface area contributed by atoms with Gasteiger partial charge in [-0.1, -0.05) is 30.3 Å². The number of benzene rings is 2. The average molecular weight is 362 g/mol. The predicted molar refractivity (Wildman–Crippen MR) is 102 cm³/mol. The van der Waals surface area contributed by atoms with Gasteiger partial charge < -0.3 is 15.3 Å². The van der Waals surface area contributed by atoms with Crippen LogP contribution in [0.5, 0.6) is 5.75 Å². The topological polar surface area (TPSA) is 103 Å². The second-order valence-electron chi connectivity index (χ2n) is 6.02. The molecule has 4 rings (SSSR count). The Kier molecular flexibility index (Phi) is 5.28. The number of nitrogens with zero attached hydrogens (tertiary/aromatic N) is 2. The first-order chi connectivity index (χ1) is 12.7. The number of aliphatic carboxylic acids is 1. The number of carboxylic acid groups (broad SMARTS) is 1. The van der Waals surface area contributed by atoms with E-state index in [0.29, 0.717) is 17.9 Å². The first-order valence-electron chi connectivity index (χ1n) is 8.25. The number of carbonyl (C=O) groups is 1. The summed E-state index contributed by atoms with van der Waals surface area (Å²) < 4.78 is 5.96. The summed E-state index contributed by atoms with van der Waals surface area (Å²) in [6.07, 6.45) is 3.35. The smallest absolute Gasteiger partial charge is 0.307 e. The number of hydrogen-bond acceptors (Lipinski definition) is 4. The van der Waals surface area contributed by atoms with Crippen molar-refractivity contribution in [3.63, 3.8) is 0 Å². The highest BCUT2D eigenvalue weighted by molar-refractivity contribution is 6.16. The molecule has 0 amide bonds. The van der Waals surface area contributed by atoms with E-state index in [1.807, 2.05) is 48.5 Å². The minimum atomic E-state index is -0.870. The van der Waals surface area contributed by atoms with E-state index in [1.165, 1.54) is 0 Å². The molecule has 1 aliphatic rings. The van der Waals surface area contributed by atoms with Crippen molar-refractivity contribution in [3.8, 4) is 5.75 Å². The highest BCUT2D eigenvalue weighted by atomic mass is 16.5. The van der Waals surface area contributed by atoms with Gasteiger partial charge in [0.1, 0.15) is 12.4 Å². The number of carboxylic acids is 1. The maximum atomic E-state index is 11.1. The zero-order valence-electron chi connectivity index (χ0n) is 14.4. The SMILES string of the molecule is O.O=C(O)Cc1ccc2c(c1)/C(=N\c1cccnc1)c1ccccc1CO2. The zero-order chi connectivity index (χ0) is 17.9. The van der Waals surface area contributed by atoms with Gasteiger partial charge in [0, 0.05) is 17.3 Å². The summed E-state index contributed by atoms with van der Waals surface area (Å²) in [5.41, 5.74) is 4.99. The fraction of sp³-hybridized carbons (Fsp3) is 0.0952. The first-order valence-corrected chi connectivity index (χ1v) is 8.25. The van der Waals surface area contributed by atoms with Gasteiger partial charge in [-0.3, -0.25) is 9.78 Å². The van der Waals surface area contributed by atoms with Gasteiger partial charge in [0.25, 0.3) is 0 Å². The molecule has 27 heavy (non-hydrogen) atoms. The maximum absolute atomic E-state index is 11.1.